The van der Waals surface area contributed by atoms with Crippen LogP contribution in [0.3, 0.4) is 0 Å². The topological polar surface area (TPSA) is 77.2 Å². The molecule has 0 bridgehead atoms. The van der Waals surface area contributed by atoms with E-state index in [0.29, 0.717) is 18.3 Å². The molecule has 2 aromatic rings. The van der Waals surface area contributed by atoms with Crippen LogP contribution in [0.4, 0.5) is 5.13 Å². The molecule has 1 aromatic carbocycles. The quantitative estimate of drug-likeness (QED) is 0.831. The second-order valence-corrected chi connectivity index (χ2v) is 6.91. The van der Waals surface area contributed by atoms with E-state index in [-0.39, 0.29) is 24.2 Å². The van der Waals surface area contributed by atoms with Gasteiger partial charge in [0.1, 0.15) is 0 Å². The minimum atomic E-state index is -0.509. The number of carbonyl (C=O) groups excluding carboxylic acids is 1. The molecule has 1 aliphatic rings. The van der Waals surface area contributed by atoms with Crippen molar-refractivity contribution < 1.29 is 9.53 Å². The largest absolute Gasteiger partial charge is 0.381 e. The number of nitrogens with two attached hydrogens (primary N) is 1. The first-order valence-corrected chi connectivity index (χ1v) is 9.24. The lowest BCUT2D eigenvalue weighted by molar-refractivity contribution is -0.119. The van der Waals surface area contributed by atoms with Gasteiger partial charge < -0.3 is 15.8 Å². The summed E-state index contributed by atoms with van der Waals surface area (Å²) in [6.07, 6.45) is 2.69. The number of rotatable bonds is 5. The lowest BCUT2D eigenvalue weighted by Crippen LogP contribution is -2.43. The fourth-order valence-corrected chi connectivity index (χ4v) is 3.58. The summed E-state index contributed by atoms with van der Waals surface area (Å²) in [5.74, 6) is 0.0175. The number of nitrogens with zero attached hydrogens (tertiary/aromatic N) is 1. The minimum absolute atomic E-state index is 0. The van der Waals surface area contributed by atoms with E-state index >= 15 is 0 Å². The van der Waals surface area contributed by atoms with Crippen molar-refractivity contribution in [2.75, 3.05) is 18.5 Å². The normalized spacial score (nSPS) is 16.1. The molecule has 1 fully saturated rings. The summed E-state index contributed by atoms with van der Waals surface area (Å²) >= 11 is 1.42. The Bertz CT molecular complexity index is 684. The minimum Gasteiger partial charge on any atom is -0.381 e. The van der Waals surface area contributed by atoms with E-state index in [2.05, 4.69) is 41.5 Å². The number of carbonyl (C=O) groups is 1. The molecule has 1 amide bonds. The third-order valence-corrected chi connectivity index (χ3v) is 5.23. The van der Waals surface area contributed by atoms with Gasteiger partial charge in [0.05, 0.1) is 11.7 Å². The molecule has 2 heterocycles. The molecule has 1 aromatic heterocycles. The number of aryl methyl sites for hydroxylation is 1. The Balaban J connectivity index is 0.00000225. The Morgan fingerprint density at radius 2 is 2.04 bits per heavy atom. The van der Waals surface area contributed by atoms with E-state index in [9.17, 15) is 4.79 Å². The molecule has 3 rings (SSSR count). The summed E-state index contributed by atoms with van der Waals surface area (Å²) in [5, 5.41) is 5.40. The molecule has 0 aliphatic carbocycles. The van der Waals surface area contributed by atoms with Crippen LogP contribution in [0.1, 0.15) is 25.3 Å². The van der Waals surface area contributed by atoms with Crippen molar-refractivity contribution in [2.24, 2.45) is 11.7 Å². The van der Waals surface area contributed by atoms with Crippen LogP contribution in [-0.4, -0.2) is 30.1 Å². The number of anilines is 1. The number of benzene rings is 1. The number of ether oxygens (including phenoxy) is 1. The molecule has 3 N–H and O–H groups in total. The Morgan fingerprint density at radius 1 is 1.36 bits per heavy atom. The van der Waals surface area contributed by atoms with Crippen molar-refractivity contribution in [1.82, 2.24) is 4.98 Å². The number of aromatic nitrogens is 1. The van der Waals surface area contributed by atoms with Crippen molar-refractivity contribution in [3.05, 3.63) is 35.2 Å². The predicted octanol–water partition coefficient (Wildman–Crippen LogP) is 3.49. The number of halogens is 1. The number of hydrogen-bond donors (Lipinski definition) is 2. The molecule has 1 aliphatic heterocycles. The second-order valence-electron chi connectivity index (χ2n) is 6.05. The predicted molar refractivity (Wildman–Crippen MR) is 104 cm³/mol. The van der Waals surface area contributed by atoms with E-state index in [1.165, 1.54) is 16.9 Å². The Labute approximate surface area is 158 Å². The fraction of sp³-hybridized carbons (Fsp3) is 0.444. The van der Waals surface area contributed by atoms with E-state index in [1.54, 1.807) is 0 Å². The van der Waals surface area contributed by atoms with E-state index in [1.807, 2.05) is 5.38 Å². The van der Waals surface area contributed by atoms with Gasteiger partial charge in [0.2, 0.25) is 5.91 Å². The van der Waals surface area contributed by atoms with Gasteiger partial charge in [0.25, 0.3) is 0 Å². The van der Waals surface area contributed by atoms with Crippen molar-refractivity contribution in [3.8, 4) is 11.3 Å². The van der Waals surface area contributed by atoms with Gasteiger partial charge in [-0.15, -0.1) is 23.7 Å². The van der Waals surface area contributed by atoms with Crippen molar-refractivity contribution >= 4 is 34.8 Å². The zero-order valence-electron chi connectivity index (χ0n) is 14.2. The molecule has 0 spiro atoms. The van der Waals surface area contributed by atoms with Gasteiger partial charge in [0.15, 0.2) is 5.13 Å². The van der Waals surface area contributed by atoms with Crippen LogP contribution in [-0.2, 0) is 16.0 Å². The van der Waals surface area contributed by atoms with Crippen LogP contribution in [0, 0.1) is 5.92 Å². The van der Waals surface area contributed by atoms with Crippen molar-refractivity contribution in [1.29, 1.82) is 0 Å². The lowest BCUT2D eigenvalue weighted by Gasteiger charge is -2.26. The lowest BCUT2D eigenvalue weighted by atomic mass is 9.92. The summed E-state index contributed by atoms with van der Waals surface area (Å²) in [6.45, 7) is 3.49. The van der Waals surface area contributed by atoms with Crippen LogP contribution in [0.5, 0.6) is 0 Å². The van der Waals surface area contributed by atoms with Crippen molar-refractivity contribution in [3.63, 3.8) is 0 Å². The maximum Gasteiger partial charge on any atom is 0.243 e. The molecule has 7 heteroatoms. The molecular weight excluding hydrogens is 358 g/mol. The Morgan fingerprint density at radius 3 is 2.68 bits per heavy atom. The molecule has 5 nitrogen and oxygen atoms in total. The van der Waals surface area contributed by atoms with Gasteiger partial charge in [-0.3, -0.25) is 4.79 Å². The number of amides is 1. The molecule has 1 unspecified atom stereocenters. The average Bonchev–Trinajstić information content (AvgIpc) is 3.10. The Hall–Kier alpha value is -1.47. The van der Waals surface area contributed by atoms with Gasteiger partial charge in [0, 0.05) is 24.2 Å². The standard InChI is InChI=1S/C18H23N3O2S.ClH/c1-2-12-3-5-13(6-4-12)15-11-24-18(20-15)21-17(22)16(19)14-7-9-23-10-8-14;/h3-6,11,14,16H,2,7-10,19H2,1H3,(H,20,21,22);1H. The van der Waals surface area contributed by atoms with Crippen LogP contribution < -0.4 is 11.1 Å². The number of thiazole rings is 1. The molecule has 136 valence electrons. The highest BCUT2D eigenvalue weighted by molar-refractivity contribution is 7.14. The number of nitrogens with one attached hydrogen (secondary N) is 1. The summed E-state index contributed by atoms with van der Waals surface area (Å²) in [7, 11) is 0. The van der Waals surface area contributed by atoms with Crippen molar-refractivity contribution in [2.45, 2.75) is 32.2 Å². The fourth-order valence-electron chi connectivity index (χ4n) is 2.85. The van der Waals surface area contributed by atoms with Crippen LogP contribution in [0.2, 0.25) is 0 Å². The van der Waals surface area contributed by atoms with E-state index in [4.69, 9.17) is 10.5 Å². The highest BCUT2D eigenvalue weighted by Gasteiger charge is 2.27. The first-order valence-electron chi connectivity index (χ1n) is 8.36. The molecule has 1 saturated heterocycles. The molecule has 0 radical (unpaired) electrons. The average molecular weight is 382 g/mol. The zero-order valence-corrected chi connectivity index (χ0v) is 15.9. The maximum absolute atomic E-state index is 12.3. The third kappa shape index (κ3) is 5.01. The van der Waals surface area contributed by atoms with Gasteiger partial charge in [-0.1, -0.05) is 31.2 Å². The highest BCUT2D eigenvalue weighted by atomic mass is 35.5. The number of hydrogen-bond acceptors (Lipinski definition) is 5. The summed E-state index contributed by atoms with van der Waals surface area (Å²) in [6, 6.07) is 7.83. The maximum atomic E-state index is 12.3. The van der Waals surface area contributed by atoms with Gasteiger partial charge in [-0.25, -0.2) is 4.98 Å². The molecule has 0 saturated carbocycles. The first kappa shape index (κ1) is 19.8. The molecule has 1 atom stereocenters. The second kappa shape index (κ2) is 9.29. The first-order chi connectivity index (χ1) is 11.7. The SMILES string of the molecule is CCc1ccc(-c2csc(NC(=O)C(N)C3CCOCC3)n2)cc1.Cl. The summed E-state index contributed by atoms with van der Waals surface area (Å²) < 4.78 is 5.32. The molecule has 25 heavy (non-hydrogen) atoms. The van der Waals surface area contributed by atoms with Crippen LogP contribution in [0.15, 0.2) is 29.6 Å². The smallest absolute Gasteiger partial charge is 0.243 e. The summed E-state index contributed by atoms with van der Waals surface area (Å²) in [5.41, 5.74) is 9.32. The van der Waals surface area contributed by atoms with E-state index < -0.39 is 6.04 Å². The van der Waals surface area contributed by atoms with Gasteiger partial charge in [-0.05, 0) is 30.7 Å². The van der Waals surface area contributed by atoms with Crippen LogP contribution >= 0.6 is 23.7 Å². The zero-order chi connectivity index (χ0) is 16.9. The van der Waals surface area contributed by atoms with Crippen LogP contribution in [0.25, 0.3) is 11.3 Å². The summed E-state index contributed by atoms with van der Waals surface area (Å²) in [4.78, 5) is 16.8. The third-order valence-electron chi connectivity index (χ3n) is 4.47. The van der Waals surface area contributed by atoms with Gasteiger partial charge >= 0.3 is 0 Å². The highest BCUT2D eigenvalue weighted by Crippen LogP contribution is 2.26. The monoisotopic (exact) mass is 381 g/mol. The Kier molecular flexibility index (Phi) is 7.38. The molecular formula is C18H24ClN3O2S. The van der Waals surface area contributed by atoms with E-state index in [0.717, 1.165) is 30.5 Å². The van der Waals surface area contributed by atoms with Gasteiger partial charge in [-0.2, -0.15) is 0 Å².